The Hall–Kier alpha value is -2.84. The molecule has 6 rings (SSSR count). The number of aromatic nitrogens is 5. The minimum Gasteiger partial charge on any atom is -0.345 e. The van der Waals surface area contributed by atoms with Crippen LogP contribution in [0.15, 0.2) is 29.3 Å². The van der Waals surface area contributed by atoms with Crippen molar-refractivity contribution in [3.8, 4) is 11.1 Å². The van der Waals surface area contributed by atoms with Crippen LogP contribution in [0.2, 0.25) is 5.02 Å². The number of benzene rings is 1. The van der Waals surface area contributed by atoms with Crippen molar-refractivity contribution in [2.24, 2.45) is 19.8 Å². The van der Waals surface area contributed by atoms with Crippen LogP contribution in [0.3, 0.4) is 0 Å². The second-order valence-electron chi connectivity index (χ2n) is 8.47. The predicted octanol–water partition coefficient (Wildman–Crippen LogP) is 2.54. The van der Waals surface area contributed by atoms with E-state index in [9.17, 15) is 4.79 Å². The van der Waals surface area contributed by atoms with Crippen LogP contribution in [0.1, 0.15) is 19.3 Å². The molecule has 2 aliphatic heterocycles. The topological polar surface area (TPSA) is 97.8 Å². The van der Waals surface area contributed by atoms with Crippen LogP contribution in [-0.4, -0.2) is 42.4 Å². The SMILES string of the molecule is Cn1cc2c(Cl)c(-c3c[nH]c4nc(N5C6CC[C@H]5C[C@@H]6N)n(C)c(=O)c34)ccc2n1. The fourth-order valence-electron chi connectivity index (χ4n) is 5.33. The van der Waals surface area contributed by atoms with Gasteiger partial charge in [0.15, 0.2) is 0 Å². The summed E-state index contributed by atoms with van der Waals surface area (Å²) >= 11 is 6.72. The highest BCUT2D eigenvalue weighted by molar-refractivity contribution is 6.38. The van der Waals surface area contributed by atoms with E-state index in [-0.39, 0.29) is 17.6 Å². The third-order valence-corrected chi connectivity index (χ3v) is 7.14. The molecule has 30 heavy (non-hydrogen) atoms. The molecule has 0 aliphatic carbocycles. The van der Waals surface area contributed by atoms with Crippen molar-refractivity contribution in [1.82, 2.24) is 24.3 Å². The van der Waals surface area contributed by atoms with Gasteiger partial charge >= 0.3 is 0 Å². The Morgan fingerprint density at radius 3 is 2.80 bits per heavy atom. The van der Waals surface area contributed by atoms with Gasteiger partial charge in [-0.15, -0.1) is 0 Å². The first kappa shape index (κ1) is 18.0. The normalized spacial score (nSPS) is 23.3. The first-order valence-electron chi connectivity index (χ1n) is 10.2. The third-order valence-electron chi connectivity index (χ3n) is 6.73. The van der Waals surface area contributed by atoms with Gasteiger partial charge in [0.05, 0.1) is 15.9 Å². The molecule has 2 aliphatic rings. The Bertz CT molecular complexity index is 1380. The molecule has 0 amide bonds. The summed E-state index contributed by atoms with van der Waals surface area (Å²) in [4.78, 5) is 23.7. The van der Waals surface area contributed by atoms with E-state index in [4.69, 9.17) is 22.3 Å². The number of nitrogens with zero attached hydrogens (tertiary/aromatic N) is 5. The molecule has 1 aromatic carbocycles. The lowest BCUT2D eigenvalue weighted by Gasteiger charge is -2.25. The first-order chi connectivity index (χ1) is 14.4. The van der Waals surface area contributed by atoms with Gasteiger partial charge in [0, 0.05) is 61.1 Å². The second-order valence-corrected chi connectivity index (χ2v) is 8.85. The maximum absolute atomic E-state index is 13.4. The Kier molecular flexibility index (Phi) is 3.65. The lowest BCUT2D eigenvalue weighted by molar-refractivity contribution is 0.503. The van der Waals surface area contributed by atoms with E-state index in [0.717, 1.165) is 41.3 Å². The number of nitrogens with one attached hydrogen (secondary N) is 1. The van der Waals surface area contributed by atoms with E-state index in [2.05, 4.69) is 15.0 Å². The molecule has 0 spiro atoms. The number of anilines is 1. The third kappa shape index (κ3) is 2.29. The quantitative estimate of drug-likeness (QED) is 0.516. The van der Waals surface area contributed by atoms with Crippen molar-refractivity contribution >= 4 is 39.5 Å². The van der Waals surface area contributed by atoms with E-state index in [1.807, 2.05) is 31.6 Å². The van der Waals surface area contributed by atoms with Crippen LogP contribution in [0.4, 0.5) is 5.95 Å². The van der Waals surface area contributed by atoms with Crippen molar-refractivity contribution < 1.29 is 0 Å². The Morgan fingerprint density at radius 2 is 2.07 bits per heavy atom. The van der Waals surface area contributed by atoms with Gasteiger partial charge in [-0.2, -0.15) is 10.1 Å². The van der Waals surface area contributed by atoms with Crippen molar-refractivity contribution in [1.29, 1.82) is 0 Å². The van der Waals surface area contributed by atoms with Gasteiger partial charge in [0.25, 0.3) is 5.56 Å². The number of hydrogen-bond acceptors (Lipinski definition) is 5. The average molecular weight is 424 g/mol. The Balaban J connectivity index is 1.55. The first-order valence-corrected chi connectivity index (χ1v) is 10.6. The molecule has 8 nitrogen and oxygen atoms in total. The fourth-order valence-corrected chi connectivity index (χ4v) is 5.64. The van der Waals surface area contributed by atoms with E-state index >= 15 is 0 Å². The molecule has 0 radical (unpaired) electrons. The van der Waals surface area contributed by atoms with Crippen molar-refractivity contribution in [2.75, 3.05) is 4.90 Å². The van der Waals surface area contributed by atoms with Crippen LogP contribution in [0, 0.1) is 0 Å². The highest BCUT2D eigenvalue weighted by atomic mass is 35.5. The predicted molar refractivity (Wildman–Crippen MR) is 118 cm³/mol. The summed E-state index contributed by atoms with van der Waals surface area (Å²) in [7, 11) is 3.65. The highest BCUT2D eigenvalue weighted by Crippen LogP contribution is 2.40. The van der Waals surface area contributed by atoms with Gasteiger partial charge in [0.1, 0.15) is 5.65 Å². The molecule has 1 unspecified atom stereocenters. The molecule has 154 valence electrons. The van der Waals surface area contributed by atoms with Gasteiger partial charge in [-0.25, -0.2) is 0 Å². The summed E-state index contributed by atoms with van der Waals surface area (Å²) in [6.45, 7) is 0. The molecule has 2 fully saturated rings. The Morgan fingerprint density at radius 1 is 1.23 bits per heavy atom. The van der Waals surface area contributed by atoms with E-state index in [1.165, 1.54) is 0 Å². The molecule has 5 heterocycles. The maximum Gasteiger partial charge on any atom is 0.264 e. The molecule has 2 saturated heterocycles. The highest BCUT2D eigenvalue weighted by Gasteiger charge is 2.46. The second kappa shape index (κ2) is 6.09. The standard InChI is InChI=1S/C21H22ClN7O/c1-27-9-13-15(26-27)5-4-11(18(13)22)12-8-24-19-17(12)20(30)28(2)21(25-19)29-10-3-6-16(29)14(23)7-10/h4-5,8-10,14,16,24H,3,6-7,23H2,1-2H3/t10-,14-,16?/m0/s1. The summed E-state index contributed by atoms with van der Waals surface area (Å²) in [5.41, 5.74) is 9.15. The van der Waals surface area contributed by atoms with Gasteiger partial charge in [0.2, 0.25) is 5.95 Å². The van der Waals surface area contributed by atoms with Gasteiger partial charge in [-0.05, 0) is 25.3 Å². The number of hydrogen-bond donors (Lipinski definition) is 2. The summed E-state index contributed by atoms with van der Waals surface area (Å²) < 4.78 is 3.39. The molecule has 9 heteroatoms. The van der Waals surface area contributed by atoms with Crippen molar-refractivity contribution in [2.45, 2.75) is 37.4 Å². The zero-order chi connectivity index (χ0) is 20.7. The molecular weight excluding hydrogens is 402 g/mol. The zero-order valence-electron chi connectivity index (χ0n) is 16.8. The zero-order valence-corrected chi connectivity index (χ0v) is 17.5. The lowest BCUT2D eigenvalue weighted by atomic mass is 9.97. The number of H-pyrrole nitrogens is 1. The molecule has 2 bridgehead atoms. The van der Waals surface area contributed by atoms with E-state index in [1.54, 1.807) is 16.3 Å². The largest absolute Gasteiger partial charge is 0.345 e. The minimum atomic E-state index is -0.0894. The van der Waals surface area contributed by atoms with Gasteiger partial charge in [-0.3, -0.25) is 14.0 Å². The number of nitrogens with two attached hydrogens (primary N) is 1. The number of fused-ring (bicyclic) bond motifs is 4. The molecule has 3 atom stereocenters. The molecule has 4 aromatic rings. The summed E-state index contributed by atoms with van der Waals surface area (Å²) in [5, 5.41) is 6.38. The van der Waals surface area contributed by atoms with Crippen LogP contribution in [0.25, 0.3) is 33.1 Å². The maximum atomic E-state index is 13.4. The van der Waals surface area contributed by atoms with Crippen LogP contribution < -0.4 is 16.2 Å². The lowest BCUT2D eigenvalue weighted by Crippen LogP contribution is -2.40. The van der Waals surface area contributed by atoms with Gasteiger partial charge < -0.3 is 15.6 Å². The summed E-state index contributed by atoms with van der Waals surface area (Å²) in [5.74, 6) is 0.690. The number of rotatable bonds is 2. The monoisotopic (exact) mass is 423 g/mol. The van der Waals surface area contributed by atoms with Crippen LogP contribution in [0.5, 0.6) is 0 Å². The van der Waals surface area contributed by atoms with Gasteiger partial charge in [-0.1, -0.05) is 17.7 Å². The van der Waals surface area contributed by atoms with Crippen LogP contribution >= 0.6 is 11.6 Å². The molecule has 0 saturated carbocycles. The molecular formula is C21H22ClN7O. The van der Waals surface area contributed by atoms with Crippen molar-refractivity contribution in [3.63, 3.8) is 0 Å². The summed E-state index contributed by atoms with van der Waals surface area (Å²) in [6.07, 6.45) is 6.81. The van der Waals surface area contributed by atoms with Crippen LogP contribution in [-0.2, 0) is 14.1 Å². The molecule has 3 N–H and O–H groups in total. The average Bonchev–Trinajstić information content (AvgIpc) is 3.46. The minimum absolute atomic E-state index is 0.0894. The molecule has 3 aromatic heterocycles. The van der Waals surface area contributed by atoms with Crippen molar-refractivity contribution in [3.05, 3.63) is 39.9 Å². The van der Waals surface area contributed by atoms with E-state index < -0.39 is 0 Å². The number of halogens is 1. The summed E-state index contributed by atoms with van der Waals surface area (Å²) in [6, 6.07) is 4.58. The number of aryl methyl sites for hydroxylation is 1. The number of aromatic amines is 1. The smallest absolute Gasteiger partial charge is 0.264 e. The Labute approximate surface area is 177 Å². The fraction of sp³-hybridized carbons (Fsp3) is 0.381. The van der Waals surface area contributed by atoms with E-state index in [0.29, 0.717) is 28.0 Å².